The van der Waals surface area contributed by atoms with Crippen molar-refractivity contribution in [3.63, 3.8) is 0 Å². The monoisotopic (exact) mass is 248 g/mol. The summed E-state index contributed by atoms with van der Waals surface area (Å²) in [5, 5.41) is 0. The number of aryl methyl sites for hydroxylation is 1. The Labute approximate surface area is 110 Å². The largest absolute Gasteiger partial charge is 0.399 e. The topological polar surface area (TPSA) is 38.5 Å². The summed E-state index contributed by atoms with van der Waals surface area (Å²) in [6.07, 6.45) is 0. The molecule has 0 atom stereocenters. The number of nitrogens with zero attached hydrogens (tertiary/aromatic N) is 1. The van der Waals surface area contributed by atoms with Gasteiger partial charge in [0.2, 0.25) is 0 Å². The van der Waals surface area contributed by atoms with Crippen molar-refractivity contribution in [2.75, 3.05) is 23.7 Å². The smallest absolute Gasteiger partial charge is 0.0808 e. The van der Waals surface area contributed by atoms with E-state index in [1.807, 2.05) is 6.07 Å². The second-order valence-electron chi connectivity index (χ2n) is 6.52. The van der Waals surface area contributed by atoms with Crippen molar-refractivity contribution in [2.24, 2.45) is 0 Å². The molecule has 0 radical (unpaired) electrons. The Morgan fingerprint density at radius 3 is 2.17 bits per heavy atom. The molecule has 1 heterocycles. The minimum atomic E-state index is -0.128. The van der Waals surface area contributed by atoms with Crippen LogP contribution in [0.25, 0.3) is 0 Å². The first-order chi connectivity index (χ1) is 8.19. The van der Waals surface area contributed by atoms with Gasteiger partial charge in [-0.15, -0.1) is 0 Å². The predicted octanol–water partition coefficient (Wildman–Crippen LogP) is 2.97. The number of nitrogen functional groups attached to an aromatic ring is 1. The van der Waals surface area contributed by atoms with Crippen LogP contribution in [0.3, 0.4) is 0 Å². The third-order valence-corrected chi connectivity index (χ3v) is 3.31. The summed E-state index contributed by atoms with van der Waals surface area (Å²) in [6.45, 7) is 12.4. The summed E-state index contributed by atoms with van der Waals surface area (Å²) in [6, 6.07) is 6.24. The van der Waals surface area contributed by atoms with Gasteiger partial charge in [0, 0.05) is 24.5 Å². The highest BCUT2D eigenvalue weighted by atomic mass is 16.5. The fraction of sp³-hybridized carbons (Fsp3) is 0.600. The molecule has 2 N–H and O–H groups in total. The van der Waals surface area contributed by atoms with Crippen molar-refractivity contribution in [3.8, 4) is 0 Å². The average molecular weight is 248 g/mol. The highest BCUT2D eigenvalue weighted by molar-refractivity contribution is 5.58. The zero-order valence-electron chi connectivity index (χ0n) is 12.1. The number of anilines is 2. The fourth-order valence-electron chi connectivity index (χ4n) is 2.83. The van der Waals surface area contributed by atoms with Crippen molar-refractivity contribution in [1.82, 2.24) is 0 Å². The van der Waals surface area contributed by atoms with Gasteiger partial charge in [-0.05, 0) is 58.4 Å². The molecule has 1 aliphatic rings. The Kier molecular flexibility index (Phi) is 3.06. The van der Waals surface area contributed by atoms with E-state index in [2.05, 4.69) is 51.7 Å². The molecule has 1 fully saturated rings. The summed E-state index contributed by atoms with van der Waals surface area (Å²) < 4.78 is 6.10. The van der Waals surface area contributed by atoms with Crippen LogP contribution in [0.4, 0.5) is 11.4 Å². The lowest BCUT2D eigenvalue weighted by Crippen LogP contribution is -2.57. The SMILES string of the molecule is Cc1cc(N2CC(C)(C)OC(C)(C)C2)ccc1N. The molecule has 0 aromatic heterocycles. The number of ether oxygens (including phenoxy) is 1. The zero-order valence-corrected chi connectivity index (χ0v) is 12.1. The Bertz CT molecular complexity index is 436. The van der Waals surface area contributed by atoms with Crippen LogP contribution in [-0.4, -0.2) is 24.3 Å². The van der Waals surface area contributed by atoms with E-state index in [-0.39, 0.29) is 11.2 Å². The van der Waals surface area contributed by atoms with E-state index in [1.165, 1.54) is 5.69 Å². The molecule has 3 heteroatoms. The minimum absolute atomic E-state index is 0.128. The third kappa shape index (κ3) is 2.78. The first-order valence-electron chi connectivity index (χ1n) is 6.50. The summed E-state index contributed by atoms with van der Waals surface area (Å²) in [5.41, 5.74) is 8.84. The molecule has 100 valence electrons. The van der Waals surface area contributed by atoms with Crippen molar-refractivity contribution in [2.45, 2.75) is 45.8 Å². The van der Waals surface area contributed by atoms with E-state index in [4.69, 9.17) is 10.5 Å². The van der Waals surface area contributed by atoms with Crippen LogP contribution in [0.2, 0.25) is 0 Å². The molecule has 18 heavy (non-hydrogen) atoms. The molecule has 3 nitrogen and oxygen atoms in total. The lowest BCUT2D eigenvalue weighted by molar-refractivity contribution is -0.133. The Hall–Kier alpha value is -1.22. The van der Waals surface area contributed by atoms with Gasteiger partial charge in [-0.2, -0.15) is 0 Å². The van der Waals surface area contributed by atoms with Crippen molar-refractivity contribution >= 4 is 11.4 Å². The van der Waals surface area contributed by atoms with E-state index in [1.54, 1.807) is 0 Å². The van der Waals surface area contributed by atoms with Gasteiger partial charge in [0.25, 0.3) is 0 Å². The molecule has 0 unspecified atom stereocenters. The van der Waals surface area contributed by atoms with E-state index >= 15 is 0 Å². The predicted molar refractivity (Wildman–Crippen MR) is 77.0 cm³/mol. The number of benzene rings is 1. The third-order valence-electron chi connectivity index (χ3n) is 3.31. The van der Waals surface area contributed by atoms with Crippen LogP contribution in [-0.2, 0) is 4.74 Å². The van der Waals surface area contributed by atoms with Crippen LogP contribution in [0.15, 0.2) is 18.2 Å². The summed E-state index contributed by atoms with van der Waals surface area (Å²) in [5.74, 6) is 0. The van der Waals surface area contributed by atoms with Crippen LogP contribution < -0.4 is 10.6 Å². The van der Waals surface area contributed by atoms with Crippen LogP contribution >= 0.6 is 0 Å². The van der Waals surface area contributed by atoms with Gasteiger partial charge in [-0.25, -0.2) is 0 Å². The van der Waals surface area contributed by atoms with E-state index < -0.39 is 0 Å². The molecule has 0 bridgehead atoms. The number of hydrogen-bond acceptors (Lipinski definition) is 3. The lowest BCUT2D eigenvalue weighted by Gasteiger charge is -2.48. The van der Waals surface area contributed by atoms with Crippen LogP contribution in [0.1, 0.15) is 33.3 Å². The Morgan fingerprint density at radius 1 is 1.11 bits per heavy atom. The van der Waals surface area contributed by atoms with Crippen molar-refractivity contribution in [1.29, 1.82) is 0 Å². The number of hydrogen-bond donors (Lipinski definition) is 1. The summed E-state index contributed by atoms with van der Waals surface area (Å²) in [7, 11) is 0. The first-order valence-corrected chi connectivity index (χ1v) is 6.50. The maximum atomic E-state index is 6.10. The molecule has 1 aliphatic heterocycles. The maximum absolute atomic E-state index is 6.10. The molecule has 0 aliphatic carbocycles. The minimum Gasteiger partial charge on any atom is -0.399 e. The Balaban J connectivity index is 2.29. The van der Waals surface area contributed by atoms with E-state index in [0.717, 1.165) is 24.3 Å². The van der Waals surface area contributed by atoms with Gasteiger partial charge in [0.1, 0.15) is 0 Å². The maximum Gasteiger partial charge on any atom is 0.0808 e. The molecule has 1 aromatic rings. The van der Waals surface area contributed by atoms with Gasteiger partial charge in [-0.3, -0.25) is 0 Å². The highest BCUT2D eigenvalue weighted by Gasteiger charge is 2.38. The Morgan fingerprint density at radius 2 is 1.67 bits per heavy atom. The van der Waals surface area contributed by atoms with Gasteiger partial charge < -0.3 is 15.4 Å². The van der Waals surface area contributed by atoms with Crippen LogP contribution in [0.5, 0.6) is 0 Å². The van der Waals surface area contributed by atoms with Gasteiger partial charge in [0.15, 0.2) is 0 Å². The quantitative estimate of drug-likeness (QED) is 0.777. The summed E-state index contributed by atoms with van der Waals surface area (Å²) in [4.78, 5) is 2.38. The molecule has 1 saturated heterocycles. The second-order valence-corrected chi connectivity index (χ2v) is 6.52. The lowest BCUT2D eigenvalue weighted by atomic mass is 9.98. The standard InChI is InChI=1S/C15H24N2O/c1-11-8-12(6-7-13(11)16)17-9-14(2,3)18-15(4,5)10-17/h6-8H,9-10,16H2,1-5H3. The van der Waals surface area contributed by atoms with E-state index in [9.17, 15) is 0 Å². The first kappa shape index (κ1) is 13.2. The van der Waals surface area contributed by atoms with Crippen molar-refractivity contribution in [3.05, 3.63) is 23.8 Å². The average Bonchev–Trinajstić information content (AvgIpc) is 2.17. The van der Waals surface area contributed by atoms with Gasteiger partial charge in [-0.1, -0.05) is 0 Å². The fourth-order valence-corrected chi connectivity index (χ4v) is 2.83. The molecule has 0 amide bonds. The molecule has 0 spiro atoms. The number of nitrogens with two attached hydrogens (primary N) is 1. The number of rotatable bonds is 1. The second kappa shape index (κ2) is 4.16. The molecule has 1 aromatic carbocycles. The highest BCUT2D eigenvalue weighted by Crippen LogP contribution is 2.32. The number of morpholine rings is 1. The van der Waals surface area contributed by atoms with Gasteiger partial charge in [0.05, 0.1) is 11.2 Å². The molecule has 0 saturated carbocycles. The molecular formula is C15H24N2O. The molecule has 2 rings (SSSR count). The van der Waals surface area contributed by atoms with Crippen LogP contribution in [0, 0.1) is 6.92 Å². The zero-order chi connectivity index (χ0) is 13.6. The normalized spacial score (nSPS) is 21.9. The molecular weight excluding hydrogens is 224 g/mol. The summed E-state index contributed by atoms with van der Waals surface area (Å²) >= 11 is 0. The van der Waals surface area contributed by atoms with E-state index in [0.29, 0.717) is 0 Å². The van der Waals surface area contributed by atoms with Crippen molar-refractivity contribution < 1.29 is 4.74 Å². The van der Waals surface area contributed by atoms with Gasteiger partial charge >= 0.3 is 0 Å².